The minimum Gasteiger partial charge on any atom is -0.480 e. The average molecular weight is 235 g/mol. The number of carboxylic acids is 1. The van der Waals surface area contributed by atoms with Crippen molar-refractivity contribution in [3.8, 4) is 0 Å². The number of aliphatic carboxylic acids is 1. The molecule has 0 saturated carbocycles. The summed E-state index contributed by atoms with van der Waals surface area (Å²) in [7, 11) is 0. The molecule has 1 aromatic rings. The molecular weight excluding hydrogens is 218 g/mol. The van der Waals surface area contributed by atoms with Crippen LogP contribution in [0.25, 0.3) is 0 Å². The van der Waals surface area contributed by atoms with E-state index in [-0.39, 0.29) is 12.7 Å². The number of rotatable bonds is 4. The Hall–Kier alpha value is -1.55. The molecule has 1 heterocycles. The van der Waals surface area contributed by atoms with Gasteiger partial charge in [-0.15, -0.1) is 0 Å². The number of aryl methyl sites for hydroxylation is 1. The van der Waals surface area contributed by atoms with E-state index in [0.29, 0.717) is 0 Å². The van der Waals surface area contributed by atoms with Crippen LogP contribution in [0.4, 0.5) is 5.69 Å². The first-order chi connectivity index (χ1) is 8.16. The third kappa shape index (κ3) is 2.97. The highest BCUT2D eigenvalue weighted by atomic mass is 16.5. The fraction of sp³-hybridized carbons (Fsp3) is 0.462. The van der Waals surface area contributed by atoms with E-state index in [9.17, 15) is 4.79 Å². The Morgan fingerprint density at radius 3 is 3.00 bits per heavy atom. The second kappa shape index (κ2) is 5.19. The highest BCUT2D eigenvalue weighted by Gasteiger charge is 2.24. The topological polar surface area (TPSA) is 49.8 Å². The molecule has 0 amide bonds. The summed E-state index contributed by atoms with van der Waals surface area (Å²) in [6.45, 7) is 3.58. The molecule has 0 spiro atoms. The van der Waals surface area contributed by atoms with Crippen LogP contribution in [0.2, 0.25) is 0 Å². The van der Waals surface area contributed by atoms with Crippen molar-refractivity contribution >= 4 is 11.7 Å². The van der Waals surface area contributed by atoms with Gasteiger partial charge in [0.25, 0.3) is 0 Å². The molecule has 4 nitrogen and oxygen atoms in total. The summed E-state index contributed by atoms with van der Waals surface area (Å²) in [4.78, 5) is 12.7. The van der Waals surface area contributed by atoms with Gasteiger partial charge in [0, 0.05) is 18.8 Å². The number of para-hydroxylation sites is 1. The fourth-order valence-corrected chi connectivity index (χ4v) is 2.19. The molecule has 1 aliphatic heterocycles. The maximum Gasteiger partial charge on any atom is 0.329 e. The Morgan fingerprint density at radius 1 is 1.53 bits per heavy atom. The summed E-state index contributed by atoms with van der Waals surface area (Å²) >= 11 is 0. The SMILES string of the molecule is Cc1ccccc1N1CCC(OCC(=O)O)C1. The van der Waals surface area contributed by atoms with Gasteiger partial charge in [-0.1, -0.05) is 18.2 Å². The van der Waals surface area contributed by atoms with E-state index in [1.165, 1.54) is 11.3 Å². The Morgan fingerprint density at radius 2 is 2.29 bits per heavy atom. The third-order valence-corrected chi connectivity index (χ3v) is 3.04. The number of carboxylic acid groups (broad SMARTS) is 1. The summed E-state index contributed by atoms with van der Waals surface area (Å²) < 4.78 is 5.31. The first-order valence-electron chi connectivity index (χ1n) is 5.81. The zero-order valence-corrected chi connectivity index (χ0v) is 9.93. The van der Waals surface area contributed by atoms with E-state index in [2.05, 4.69) is 24.0 Å². The normalized spacial score (nSPS) is 19.6. The molecule has 0 aromatic heterocycles. The maximum absolute atomic E-state index is 10.4. The van der Waals surface area contributed by atoms with Crippen LogP contribution in [-0.2, 0) is 9.53 Å². The smallest absolute Gasteiger partial charge is 0.329 e. The summed E-state index contributed by atoms with van der Waals surface area (Å²) in [6.07, 6.45) is 0.924. The van der Waals surface area contributed by atoms with Gasteiger partial charge in [0.15, 0.2) is 0 Å². The van der Waals surface area contributed by atoms with Crippen LogP contribution in [0.15, 0.2) is 24.3 Å². The van der Waals surface area contributed by atoms with E-state index in [1.807, 2.05) is 12.1 Å². The standard InChI is InChI=1S/C13H17NO3/c1-10-4-2-3-5-12(10)14-7-6-11(8-14)17-9-13(15)16/h2-5,11H,6-9H2,1H3,(H,15,16). The van der Waals surface area contributed by atoms with Gasteiger partial charge in [0.1, 0.15) is 6.61 Å². The first-order valence-corrected chi connectivity index (χ1v) is 5.81. The number of anilines is 1. The van der Waals surface area contributed by atoms with Crippen LogP contribution in [-0.4, -0.2) is 36.9 Å². The lowest BCUT2D eigenvalue weighted by Crippen LogP contribution is -2.25. The molecule has 1 atom stereocenters. The largest absolute Gasteiger partial charge is 0.480 e. The molecule has 17 heavy (non-hydrogen) atoms. The Kier molecular flexibility index (Phi) is 3.64. The quantitative estimate of drug-likeness (QED) is 0.862. The average Bonchev–Trinajstić information content (AvgIpc) is 2.75. The van der Waals surface area contributed by atoms with Crippen LogP contribution in [0.3, 0.4) is 0 Å². The van der Waals surface area contributed by atoms with E-state index < -0.39 is 5.97 Å². The second-order valence-electron chi connectivity index (χ2n) is 4.35. The van der Waals surface area contributed by atoms with Crippen LogP contribution in [0, 0.1) is 6.92 Å². The van der Waals surface area contributed by atoms with E-state index in [4.69, 9.17) is 9.84 Å². The maximum atomic E-state index is 10.4. The van der Waals surface area contributed by atoms with Gasteiger partial charge in [-0.2, -0.15) is 0 Å². The van der Waals surface area contributed by atoms with Crippen molar-refractivity contribution in [2.45, 2.75) is 19.4 Å². The second-order valence-corrected chi connectivity index (χ2v) is 4.35. The Bertz CT molecular complexity index is 405. The van der Waals surface area contributed by atoms with Crippen molar-refractivity contribution in [1.82, 2.24) is 0 Å². The zero-order valence-electron chi connectivity index (χ0n) is 9.93. The number of nitrogens with zero attached hydrogens (tertiary/aromatic N) is 1. The molecule has 1 aliphatic rings. The molecular formula is C13H17NO3. The summed E-state index contributed by atoms with van der Waals surface area (Å²) in [5, 5.41) is 8.56. The number of hydrogen-bond acceptors (Lipinski definition) is 3. The van der Waals surface area contributed by atoms with Crippen molar-refractivity contribution in [3.05, 3.63) is 29.8 Å². The Balaban J connectivity index is 1.94. The fourth-order valence-electron chi connectivity index (χ4n) is 2.19. The van der Waals surface area contributed by atoms with Gasteiger partial charge in [0.05, 0.1) is 6.10 Å². The lowest BCUT2D eigenvalue weighted by molar-refractivity contribution is -0.143. The van der Waals surface area contributed by atoms with Crippen molar-refractivity contribution in [1.29, 1.82) is 0 Å². The molecule has 0 aliphatic carbocycles. The zero-order chi connectivity index (χ0) is 12.3. The van der Waals surface area contributed by atoms with Crippen LogP contribution >= 0.6 is 0 Å². The molecule has 1 saturated heterocycles. The molecule has 2 rings (SSSR count). The van der Waals surface area contributed by atoms with Gasteiger partial charge in [-0.25, -0.2) is 4.79 Å². The van der Waals surface area contributed by atoms with Crippen LogP contribution in [0.5, 0.6) is 0 Å². The predicted octanol–water partition coefficient (Wildman–Crippen LogP) is 1.67. The molecule has 1 aromatic carbocycles. The minimum absolute atomic E-state index is 0.0331. The molecule has 1 fully saturated rings. The number of hydrogen-bond donors (Lipinski definition) is 1. The van der Waals surface area contributed by atoms with Crippen molar-refractivity contribution in [2.24, 2.45) is 0 Å². The van der Waals surface area contributed by atoms with E-state index in [0.717, 1.165) is 19.5 Å². The first kappa shape index (κ1) is 11.9. The predicted molar refractivity (Wildman–Crippen MR) is 65.4 cm³/mol. The lowest BCUT2D eigenvalue weighted by atomic mass is 10.2. The van der Waals surface area contributed by atoms with Crippen LogP contribution in [0.1, 0.15) is 12.0 Å². The van der Waals surface area contributed by atoms with E-state index >= 15 is 0 Å². The van der Waals surface area contributed by atoms with Gasteiger partial charge in [-0.3, -0.25) is 0 Å². The van der Waals surface area contributed by atoms with E-state index in [1.54, 1.807) is 0 Å². The molecule has 92 valence electrons. The minimum atomic E-state index is -0.903. The molecule has 0 bridgehead atoms. The number of ether oxygens (including phenoxy) is 1. The monoisotopic (exact) mass is 235 g/mol. The molecule has 1 unspecified atom stereocenters. The van der Waals surface area contributed by atoms with Crippen molar-refractivity contribution in [2.75, 3.05) is 24.6 Å². The van der Waals surface area contributed by atoms with Gasteiger partial charge < -0.3 is 14.7 Å². The summed E-state index contributed by atoms with van der Waals surface area (Å²) in [5.74, 6) is -0.903. The number of carbonyl (C=O) groups is 1. The molecule has 1 N–H and O–H groups in total. The number of benzene rings is 1. The Labute approximate surface area is 101 Å². The highest BCUT2D eigenvalue weighted by Crippen LogP contribution is 2.24. The van der Waals surface area contributed by atoms with Crippen LogP contribution < -0.4 is 4.90 Å². The molecule has 0 radical (unpaired) electrons. The highest BCUT2D eigenvalue weighted by molar-refractivity contribution is 5.68. The van der Waals surface area contributed by atoms with Crippen molar-refractivity contribution in [3.63, 3.8) is 0 Å². The van der Waals surface area contributed by atoms with Gasteiger partial charge in [0.2, 0.25) is 0 Å². The molecule has 4 heteroatoms. The summed E-state index contributed by atoms with van der Waals surface area (Å²) in [6, 6.07) is 8.22. The van der Waals surface area contributed by atoms with Gasteiger partial charge >= 0.3 is 5.97 Å². The lowest BCUT2D eigenvalue weighted by Gasteiger charge is -2.20. The van der Waals surface area contributed by atoms with Gasteiger partial charge in [-0.05, 0) is 25.0 Å². The third-order valence-electron chi connectivity index (χ3n) is 3.04. The van der Waals surface area contributed by atoms with Crippen molar-refractivity contribution < 1.29 is 14.6 Å². The summed E-state index contributed by atoms with van der Waals surface area (Å²) in [5.41, 5.74) is 2.46.